The lowest BCUT2D eigenvalue weighted by Gasteiger charge is -2.25. The number of nitrogens with two attached hydrogens (primary N) is 1. The maximum atomic E-state index is 11.1. The lowest BCUT2D eigenvalue weighted by Crippen LogP contribution is -2.23. The summed E-state index contributed by atoms with van der Waals surface area (Å²) in [5.41, 5.74) is 7.07. The van der Waals surface area contributed by atoms with E-state index in [1.165, 1.54) is 16.9 Å². The van der Waals surface area contributed by atoms with Crippen molar-refractivity contribution in [3.63, 3.8) is 0 Å². The van der Waals surface area contributed by atoms with Gasteiger partial charge in [-0.3, -0.25) is 0 Å². The van der Waals surface area contributed by atoms with Crippen LogP contribution >= 0.6 is 34.5 Å². The van der Waals surface area contributed by atoms with Crippen LogP contribution in [0, 0.1) is 6.92 Å². The first kappa shape index (κ1) is 18.0. The van der Waals surface area contributed by atoms with Crippen LogP contribution in [0.25, 0.3) is 0 Å². The quantitative estimate of drug-likeness (QED) is 0.559. The average molecular weight is 394 g/mol. The molecule has 130 valence electrons. The molecule has 4 N–H and O–H groups in total. The lowest BCUT2D eigenvalue weighted by atomic mass is 9.94. The molecule has 0 amide bonds. The molecule has 2 aromatic carbocycles. The zero-order chi connectivity index (χ0) is 18.2. The third-order valence-electron chi connectivity index (χ3n) is 3.85. The zero-order valence-electron chi connectivity index (χ0n) is 13.7. The minimum absolute atomic E-state index is 0.237. The predicted octanol–water partition coefficient (Wildman–Crippen LogP) is 5.34. The summed E-state index contributed by atoms with van der Waals surface area (Å²) in [6.07, 6.45) is 0. The van der Waals surface area contributed by atoms with Gasteiger partial charge < -0.3 is 16.2 Å². The largest absolute Gasteiger partial charge is 0.383 e. The number of hydrogen-bond acceptors (Lipinski definition) is 5. The Hall–Kier alpha value is -1.79. The Kier molecular flexibility index (Phi) is 4.93. The molecule has 0 saturated carbocycles. The molecule has 0 aliphatic rings. The minimum atomic E-state index is -1.45. The zero-order valence-corrected chi connectivity index (χ0v) is 16.0. The summed E-state index contributed by atoms with van der Waals surface area (Å²) in [6, 6.07) is 13.0. The molecular weight excluding hydrogens is 377 g/mol. The monoisotopic (exact) mass is 393 g/mol. The van der Waals surface area contributed by atoms with Crippen molar-refractivity contribution in [2.45, 2.75) is 19.4 Å². The van der Waals surface area contributed by atoms with Gasteiger partial charge in [0.25, 0.3) is 0 Å². The Morgan fingerprint density at radius 1 is 1.12 bits per heavy atom. The van der Waals surface area contributed by atoms with Gasteiger partial charge in [-0.15, -0.1) is 0 Å². The van der Waals surface area contributed by atoms with Gasteiger partial charge in [0.15, 0.2) is 5.13 Å². The summed E-state index contributed by atoms with van der Waals surface area (Å²) in [7, 11) is 0. The van der Waals surface area contributed by atoms with E-state index in [1.807, 2.05) is 31.2 Å². The second kappa shape index (κ2) is 6.84. The van der Waals surface area contributed by atoms with Crippen molar-refractivity contribution in [1.82, 2.24) is 4.98 Å². The molecule has 0 spiro atoms. The molecule has 3 rings (SSSR count). The molecule has 0 aliphatic carbocycles. The van der Waals surface area contributed by atoms with Gasteiger partial charge in [-0.25, -0.2) is 4.98 Å². The van der Waals surface area contributed by atoms with E-state index < -0.39 is 5.60 Å². The number of nitrogens with one attached hydrogen (secondary N) is 1. The molecule has 0 fully saturated rings. The highest BCUT2D eigenvalue weighted by atomic mass is 35.5. The number of aliphatic hydroxyl groups is 1. The van der Waals surface area contributed by atoms with Crippen molar-refractivity contribution in [2.75, 3.05) is 11.1 Å². The number of hydrogen-bond donors (Lipinski definition) is 3. The van der Waals surface area contributed by atoms with Gasteiger partial charge in [0, 0.05) is 21.3 Å². The van der Waals surface area contributed by atoms with Crippen LogP contribution in [-0.4, -0.2) is 10.1 Å². The summed E-state index contributed by atoms with van der Waals surface area (Å²) < 4.78 is 0. The van der Waals surface area contributed by atoms with Crippen LogP contribution in [0.2, 0.25) is 10.0 Å². The van der Waals surface area contributed by atoms with E-state index in [1.54, 1.807) is 25.1 Å². The molecule has 4 nitrogen and oxygen atoms in total. The van der Waals surface area contributed by atoms with Crippen molar-refractivity contribution < 1.29 is 5.11 Å². The lowest BCUT2D eigenvalue weighted by molar-refractivity contribution is 0.107. The standard InChI is InChI=1S/C18H17Cl2N3OS/c1-10-6-8-11(9-7-10)22-17-23-16(21)15(25-17)18(2,24)14-12(19)4-3-5-13(14)20/h3-9,24H,21H2,1-2H3,(H,22,23). The fourth-order valence-corrected chi connectivity index (χ4v) is 4.29. The number of nitrogens with zero attached hydrogens (tertiary/aromatic N) is 1. The van der Waals surface area contributed by atoms with E-state index in [0.717, 1.165) is 5.69 Å². The molecule has 1 unspecified atom stereocenters. The Balaban J connectivity index is 1.97. The number of nitrogen functional groups attached to an aromatic ring is 1. The summed E-state index contributed by atoms with van der Waals surface area (Å²) in [5, 5.41) is 15.6. The third-order valence-corrected chi connectivity index (χ3v) is 5.68. The minimum Gasteiger partial charge on any atom is -0.383 e. The molecule has 0 aliphatic heterocycles. The Bertz CT molecular complexity index is 887. The van der Waals surface area contributed by atoms with Crippen molar-refractivity contribution in [3.8, 4) is 0 Å². The molecular formula is C18H17Cl2N3OS. The van der Waals surface area contributed by atoms with Gasteiger partial charge in [0.05, 0.1) is 4.88 Å². The summed E-state index contributed by atoms with van der Waals surface area (Å²) >= 11 is 13.8. The molecule has 1 aromatic heterocycles. The summed E-state index contributed by atoms with van der Waals surface area (Å²) in [4.78, 5) is 4.80. The molecule has 0 saturated heterocycles. The summed E-state index contributed by atoms with van der Waals surface area (Å²) in [5.74, 6) is 0.237. The van der Waals surface area contributed by atoms with Crippen LogP contribution in [0.4, 0.5) is 16.6 Å². The fraction of sp³-hybridized carbons (Fsp3) is 0.167. The maximum Gasteiger partial charge on any atom is 0.189 e. The van der Waals surface area contributed by atoms with E-state index in [-0.39, 0.29) is 5.82 Å². The highest BCUT2D eigenvalue weighted by Gasteiger charge is 2.35. The van der Waals surface area contributed by atoms with E-state index in [4.69, 9.17) is 28.9 Å². The molecule has 25 heavy (non-hydrogen) atoms. The smallest absolute Gasteiger partial charge is 0.189 e. The van der Waals surface area contributed by atoms with Gasteiger partial charge in [-0.05, 0) is 38.1 Å². The third kappa shape index (κ3) is 3.60. The van der Waals surface area contributed by atoms with Gasteiger partial charge in [-0.1, -0.05) is 58.3 Å². The Morgan fingerprint density at radius 2 is 1.72 bits per heavy atom. The number of halogens is 2. The first-order valence-corrected chi connectivity index (χ1v) is 9.13. The van der Waals surface area contributed by atoms with E-state index >= 15 is 0 Å². The van der Waals surface area contributed by atoms with Crippen molar-refractivity contribution in [3.05, 3.63) is 68.5 Å². The fourth-order valence-electron chi connectivity index (χ4n) is 2.57. The van der Waals surface area contributed by atoms with E-state index in [2.05, 4.69) is 10.3 Å². The molecule has 0 bridgehead atoms. The van der Waals surface area contributed by atoms with Gasteiger partial charge in [0.1, 0.15) is 11.4 Å². The van der Waals surface area contributed by atoms with Crippen LogP contribution in [0.3, 0.4) is 0 Å². The first-order chi connectivity index (χ1) is 11.8. The number of aryl methyl sites for hydroxylation is 1. The van der Waals surface area contributed by atoms with Crippen LogP contribution in [0.1, 0.15) is 22.9 Å². The molecule has 1 atom stereocenters. The van der Waals surface area contributed by atoms with Crippen LogP contribution in [0.15, 0.2) is 42.5 Å². The number of benzene rings is 2. The molecule has 3 aromatic rings. The van der Waals surface area contributed by atoms with Crippen LogP contribution in [-0.2, 0) is 5.60 Å². The number of anilines is 3. The van der Waals surface area contributed by atoms with Crippen LogP contribution < -0.4 is 11.1 Å². The normalized spacial score (nSPS) is 13.5. The number of rotatable bonds is 4. The molecule has 7 heteroatoms. The topological polar surface area (TPSA) is 71.2 Å². The van der Waals surface area contributed by atoms with Crippen molar-refractivity contribution in [2.24, 2.45) is 0 Å². The highest BCUT2D eigenvalue weighted by molar-refractivity contribution is 7.16. The number of aromatic nitrogens is 1. The maximum absolute atomic E-state index is 11.1. The average Bonchev–Trinajstić information content (AvgIpc) is 2.90. The second-order valence-corrected chi connectivity index (χ2v) is 7.71. The van der Waals surface area contributed by atoms with Gasteiger partial charge >= 0.3 is 0 Å². The molecule has 0 radical (unpaired) electrons. The SMILES string of the molecule is Cc1ccc(Nc2nc(N)c(C(C)(O)c3c(Cl)cccc3Cl)s2)cc1. The van der Waals surface area contributed by atoms with Crippen molar-refractivity contribution in [1.29, 1.82) is 0 Å². The first-order valence-electron chi connectivity index (χ1n) is 7.56. The predicted molar refractivity (Wildman–Crippen MR) is 106 cm³/mol. The van der Waals surface area contributed by atoms with Gasteiger partial charge in [-0.2, -0.15) is 0 Å². The summed E-state index contributed by atoms with van der Waals surface area (Å²) in [6.45, 7) is 3.63. The second-order valence-electron chi connectivity index (χ2n) is 5.89. The number of thiazole rings is 1. The Labute approximate surface area is 160 Å². The molecule has 1 heterocycles. The van der Waals surface area contributed by atoms with Crippen LogP contribution in [0.5, 0.6) is 0 Å². The van der Waals surface area contributed by atoms with E-state index in [0.29, 0.717) is 25.6 Å². The Morgan fingerprint density at radius 3 is 2.32 bits per heavy atom. The highest BCUT2D eigenvalue weighted by Crippen LogP contribution is 2.44. The van der Waals surface area contributed by atoms with E-state index in [9.17, 15) is 5.11 Å². The van der Waals surface area contributed by atoms with Crippen molar-refractivity contribution >= 4 is 51.2 Å². The van der Waals surface area contributed by atoms with Gasteiger partial charge in [0.2, 0.25) is 0 Å².